The zero-order valence-electron chi connectivity index (χ0n) is 15.1. The van der Waals surface area contributed by atoms with Crippen molar-refractivity contribution < 1.29 is 14.3 Å². The summed E-state index contributed by atoms with van der Waals surface area (Å²) in [7, 11) is 0. The van der Waals surface area contributed by atoms with Crippen molar-refractivity contribution in [2.45, 2.75) is 46.0 Å². The van der Waals surface area contributed by atoms with Gasteiger partial charge in [0.25, 0.3) is 0 Å². The number of aromatic nitrogens is 2. The minimum Gasteiger partial charge on any atom is -0.478 e. The molecule has 1 heterocycles. The molecule has 6 heteroatoms. The van der Waals surface area contributed by atoms with Gasteiger partial charge in [0.15, 0.2) is 5.78 Å². The van der Waals surface area contributed by atoms with Crippen LogP contribution in [0.4, 0.5) is 0 Å². The van der Waals surface area contributed by atoms with Crippen LogP contribution in [0, 0.1) is 23.2 Å². The Bertz CT molecular complexity index is 781. The van der Waals surface area contributed by atoms with Crippen molar-refractivity contribution >= 4 is 5.78 Å². The van der Waals surface area contributed by atoms with Crippen molar-refractivity contribution in [2.24, 2.45) is 11.8 Å². The highest BCUT2D eigenvalue weighted by Crippen LogP contribution is 2.50. The van der Waals surface area contributed by atoms with Crippen molar-refractivity contribution in [3.8, 4) is 18.0 Å². The predicted octanol–water partition coefficient (Wildman–Crippen LogP) is 2.76. The van der Waals surface area contributed by atoms with Gasteiger partial charge in [0.05, 0.1) is 24.5 Å². The molecule has 6 nitrogen and oxygen atoms in total. The number of carbonyl (C=O) groups excluding carboxylic acids is 1. The Kier molecular flexibility index (Phi) is 4.51. The van der Waals surface area contributed by atoms with E-state index in [2.05, 4.69) is 16.0 Å². The third-order valence-electron chi connectivity index (χ3n) is 5.34. The van der Waals surface area contributed by atoms with Gasteiger partial charge in [-0.25, -0.2) is 0 Å². The molecule has 0 aromatic carbocycles. The number of rotatable bonds is 4. The van der Waals surface area contributed by atoms with Crippen LogP contribution in [0.1, 0.15) is 45.4 Å². The second kappa shape index (κ2) is 6.47. The molecule has 1 aromatic rings. The Balaban J connectivity index is 2.23. The first-order chi connectivity index (χ1) is 12.0. The standard InChI is InChI=1S/C19H23N3O3/c1-5-24-17-13-7-8-14-11(3)15(23)12(10-20)9-19(14,4)16(13)21-18(22-17)25-6-2/h9,11,14H,5-8H2,1-4H3/t11-,14-,19-/m0/s1. The molecule has 0 fully saturated rings. The monoisotopic (exact) mass is 341 g/mol. The maximum absolute atomic E-state index is 12.4. The second-order valence-corrected chi connectivity index (χ2v) is 6.76. The topological polar surface area (TPSA) is 85.1 Å². The molecule has 3 atom stereocenters. The lowest BCUT2D eigenvalue weighted by atomic mass is 9.58. The smallest absolute Gasteiger partial charge is 0.319 e. The van der Waals surface area contributed by atoms with Crippen LogP contribution in [0.3, 0.4) is 0 Å². The summed E-state index contributed by atoms with van der Waals surface area (Å²) < 4.78 is 11.3. The van der Waals surface area contributed by atoms with Crippen molar-refractivity contribution in [1.82, 2.24) is 9.97 Å². The second-order valence-electron chi connectivity index (χ2n) is 6.76. The molecule has 0 unspecified atom stereocenters. The molecule has 0 saturated heterocycles. The van der Waals surface area contributed by atoms with Crippen LogP contribution in [0.2, 0.25) is 0 Å². The molecular formula is C19H23N3O3. The molecule has 25 heavy (non-hydrogen) atoms. The number of ether oxygens (including phenoxy) is 2. The summed E-state index contributed by atoms with van der Waals surface area (Å²) in [6.45, 7) is 8.71. The highest BCUT2D eigenvalue weighted by Gasteiger charge is 2.50. The number of nitriles is 1. The lowest BCUT2D eigenvalue weighted by molar-refractivity contribution is -0.121. The first-order valence-corrected chi connectivity index (χ1v) is 8.80. The average Bonchev–Trinajstić information content (AvgIpc) is 2.59. The van der Waals surface area contributed by atoms with Crippen molar-refractivity contribution in [3.05, 3.63) is 22.9 Å². The number of Topliss-reactive ketones (excluding diaryl/α,β-unsaturated/α-hetero) is 1. The molecule has 0 saturated carbocycles. The van der Waals surface area contributed by atoms with Crippen LogP contribution < -0.4 is 9.47 Å². The van der Waals surface area contributed by atoms with Crippen LogP contribution >= 0.6 is 0 Å². The van der Waals surface area contributed by atoms with Crippen molar-refractivity contribution in [3.63, 3.8) is 0 Å². The van der Waals surface area contributed by atoms with E-state index < -0.39 is 5.41 Å². The van der Waals surface area contributed by atoms with Gasteiger partial charge in [-0.1, -0.05) is 19.9 Å². The molecule has 0 amide bonds. The Labute approximate surface area is 147 Å². The molecule has 1 aromatic heterocycles. The molecule has 0 N–H and O–H groups in total. The normalized spacial score (nSPS) is 27.6. The lowest BCUT2D eigenvalue weighted by Crippen LogP contribution is -2.46. The molecule has 2 aliphatic carbocycles. The summed E-state index contributed by atoms with van der Waals surface area (Å²) in [5.74, 6) is 0.368. The van der Waals surface area contributed by atoms with E-state index in [1.807, 2.05) is 27.7 Å². The van der Waals surface area contributed by atoms with Crippen molar-refractivity contribution in [1.29, 1.82) is 5.26 Å². The summed E-state index contributed by atoms with van der Waals surface area (Å²) in [6.07, 6.45) is 3.38. The van der Waals surface area contributed by atoms with Crippen LogP contribution in [0.5, 0.6) is 11.9 Å². The van der Waals surface area contributed by atoms with E-state index in [1.54, 1.807) is 6.08 Å². The molecule has 0 radical (unpaired) electrons. The predicted molar refractivity (Wildman–Crippen MR) is 91.4 cm³/mol. The fraction of sp³-hybridized carbons (Fsp3) is 0.579. The summed E-state index contributed by atoms with van der Waals surface area (Å²) in [5, 5.41) is 9.39. The average molecular weight is 341 g/mol. The first kappa shape index (κ1) is 17.4. The maximum atomic E-state index is 12.4. The van der Waals surface area contributed by atoms with E-state index in [4.69, 9.17) is 9.47 Å². The molecule has 0 bridgehead atoms. The van der Waals surface area contributed by atoms with Gasteiger partial charge in [-0.05, 0) is 32.6 Å². The highest BCUT2D eigenvalue weighted by atomic mass is 16.5. The van der Waals surface area contributed by atoms with Crippen LogP contribution in [-0.2, 0) is 16.6 Å². The Morgan fingerprint density at radius 1 is 1.32 bits per heavy atom. The number of ketones is 1. The van der Waals surface area contributed by atoms with E-state index in [0.29, 0.717) is 19.1 Å². The van der Waals surface area contributed by atoms with Gasteiger partial charge in [0.2, 0.25) is 5.88 Å². The molecular weight excluding hydrogens is 318 g/mol. The third kappa shape index (κ3) is 2.68. The van der Waals surface area contributed by atoms with Crippen LogP contribution in [0.15, 0.2) is 11.6 Å². The van der Waals surface area contributed by atoms with Gasteiger partial charge in [-0.2, -0.15) is 15.2 Å². The number of allylic oxidation sites excluding steroid dienone is 2. The van der Waals surface area contributed by atoms with Gasteiger partial charge in [0, 0.05) is 16.9 Å². The van der Waals surface area contributed by atoms with Gasteiger partial charge in [-0.15, -0.1) is 0 Å². The zero-order valence-corrected chi connectivity index (χ0v) is 15.1. The third-order valence-corrected chi connectivity index (χ3v) is 5.34. The van der Waals surface area contributed by atoms with Crippen molar-refractivity contribution in [2.75, 3.05) is 13.2 Å². The van der Waals surface area contributed by atoms with E-state index >= 15 is 0 Å². The van der Waals surface area contributed by atoms with Gasteiger partial charge in [0.1, 0.15) is 6.07 Å². The number of hydrogen-bond donors (Lipinski definition) is 0. The molecule has 0 aliphatic heterocycles. The van der Waals surface area contributed by atoms with E-state index in [9.17, 15) is 10.1 Å². The zero-order chi connectivity index (χ0) is 18.2. The summed E-state index contributed by atoms with van der Waals surface area (Å²) >= 11 is 0. The number of carbonyl (C=O) groups is 1. The largest absolute Gasteiger partial charge is 0.478 e. The fourth-order valence-corrected chi connectivity index (χ4v) is 4.17. The Morgan fingerprint density at radius 3 is 2.68 bits per heavy atom. The maximum Gasteiger partial charge on any atom is 0.319 e. The number of nitrogens with zero attached hydrogens (tertiary/aromatic N) is 3. The molecule has 0 spiro atoms. The number of hydrogen-bond acceptors (Lipinski definition) is 6. The molecule has 3 rings (SSSR count). The van der Waals surface area contributed by atoms with E-state index in [0.717, 1.165) is 24.1 Å². The van der Waals surface area contributed by atoms with Gasteiger partial charge in [-0.3, -0.25) is 4.79 Å². The van der Waals surface area contributed by atoms with Crippen LogP contribution in [-0.4, -0.2) is 29.0 Å². The van der Waals surface area contributed by atoms with E-state index in [-0.39, 0.29) is 29.2 Å². The summed E-state index contributed by atoms with van der Waals surface area (Å²) in [6, 6.07) is 2.34. The number of fused-ring (bicyclic) bond motifs is 3. The minimum atomic E-state index is -0.507. The Hall–Kier alpha value is -2.42. The van der Waals surface area contributed by atoms with Gasteiger partial charge < -0.3 is 9.47 Å². The fourth-order valence-electron chi connectivity index (χ4n) is 4.17. The Morgan fingerprint density at radius 2 is 2.04 bits per heavy atom. The van der Waals surface area contributed by atoms with Crippen LogP contribution in [0.25, 0.3) is 0 Å². The SMILES string of the molecule is CCOc1nc(OCC)c2c(n1)[C@@]1(C)C=C(C#N)C(=O)[C@@H](C)[C@@H]1CC2. The minimum absolute atomic E-state index is 0.0717. The highest BCUT2D eigenvalue weighted by molar-refractivity contribution is 6.02. The quantitative estimate of drug-likeness (QED) is 0.837. The molecule has 2 aliphatic rings. The molecule has 132 valence electrons. The first-order valence-electron chi connectivity index (χ1n) is 8.80. The van der Waals surface area contributed by atoms with E-state index in [1.165, 1.54) is 0 Å². The summed E-state index contributed by atoms with van der Waals surface area (Å²) in [5.41, 5.74) is 1.48. The van der Waals surface area contributed by atoms with Gasteiger partial charge >= 0.3 is 6.01 Å². The lowest BCUT2D eigenvalue weighted by Gasteiger charge is -2.45. The summed E-state index contributed by atoms with van der Waals surface area (Å²) in [4.78, 5) is 21.5.